The summed E-state index contributed by atoms with van der Waals surface area (Å²) < 4.78 is 0. The second kappa shape index (κ2) is 5.84. The molecule has 0 aromatic heterocycles. The Kier molecular flexibility index (Phi) is 4.73. The van der Waals surface area contributed by atoms with Crippen molar-refractivity contribution in [2.75, 3.05) is 13.1 Å². The Morgan fingerprint density at radius 2 is 2.33 bits per heavy atom. The molecule has 1 saturated heterocycles. The van der Waals surface area contributed by atoms with Gasteiger partial charge in [0.25, 0.3) is 0 Å². The Bertz CT molecular complexity index is 267. The smallest absolute Gasteiger partial charge is 0.235 e. The van der Waals surface area contributed by atoms with E-state index in [1.165, 1.54) is 12.8 Å². The molecule has 1 rings (SSSR count). The molecule has 0 aromatic carbocycles. The summed E-state index contributed by atoms with van der Waals surface area (Å²) in [6, 6.07) is 0.933. The zero-order chi connectivity index (χ0) is 11.3. The molecule has 15 heavy (non-hydrogen) atoms. The van der Waals surface area contributed by atoms with Crippen LogP contribution in [0.2, 0.25) is 0 Å². The molecule has 1 fully saturated rings. The molecule has 0 saturated carbocycles. The van der Waals surface area contributed by atoms with E-state index in [1.807, 2.05) is 0 Å². The van der Waals surface area contributed by atoms with Crippen LogP contribution < -0.4 is 0 Å². The van der Waals surface area contributed by atoms with Gasteiger partial charge in [-0.3, -0.25) is 4.90 Å². The van der Waals surface area contributed by atoms with Crippen molar-refractivity contribution in [3.63, 3.8) is 0 Å². The molecule has 0 aliphatic carbocycles. The molecule has 0 spiro atoms. The lowest BCUT2D eigenvalue weighted by Gasteiger charge is -2.39. The highest BCUT2D eigenvalue weighted by Crippen LogP contribution is 2.24. The van der Waals surface area contributed by atoms with Crippen molar-refractivity contribution in [1.29, 1.82) is 0 Å². The van der Waals surface area contributed by atoms with Crippen LogP contribution in [0.4, 0.5) is 0 Å². The highest BCUT2D eigenvalue weighted by atomic mass is 16.1. The molecular formula is C12H20N2O. The van der Waals surface area contributed by atoms with E-state index in [0.717, 1.165) is 18.5 Å². The van der Waals surface area contributed by atoms with Crippen LogP contribution in [0.5, 0.6) is 0 Å². The molecule has 0 aromatic rings. The molecule has 0 bridgehead atoms. The number of aliphatic imine (C=N–C) groups is 1. The van der Waals surface area contributed by atoms with Crippen molar-refractivity contribution in [3.8, 4) is 0 Å². The van der Waals surface area contributed by atoms with Gasteiger partial charge in [0.15, 0.2) is 0 Å². The van der Waals surface area contributed by atoms with Gasteiger partial charge in [-0.2, -0.15) is 0 Å². The van der Waals surface area contributed by atoms with Crippen molar-refractivity contribution in [2.24, 2.45) is 4.99 Å². The standard InChI is InChI=1S/C12H20N2O/c1-10(2)14-7-5-4-6-12(14)11(3)8-13-9-15/h10,12H,3-8H2,1-2H3. The summed E-state index contributed by atoms with van der Waals surface area (Å²) in [6.07, 6.45) is 5.23. The molecule has 3 nitrogen and oxygen atoms in total. The van der Waals surface area contributed by atoms with Gasteiger partial charge in [-0.15, -0.1) is 0 Å². The fourth-order valence-corrected chi connectivity index (χ4v) is 2.25. The van der Waals surface area contributed by atoms with Gasteiger partial charge in [0.1, 0.15) is 0 Å². The fourth-order valence-electron chi connectivity index (χ4n) is 2.25. The third-order valence-electron chi connectivity index (χ3n) is 3.03. The maximum atomic E-state index is 10.1. The lowest BCUT2D eigenvalue weighted by molar-refractivity contribution is 0.133. The van der Waals surface area contributed by atoms with E-state index in [2.05, 4.69) is 30.3 Å². The van der Waals surface area contributed by atoms with Crippen LogP contribution in [0, 0.1) is 0 Å². The highest BCUT2D eigenvalue weighted by molar-refractivity contribution is 5.34. The molecule has 1 atom stereocenters. The number of likely N-dealkylation sites (tertiary alicyclic amines) is 1. The number of nitrogens with zero attached hydrogens (tertiary/aromatic N) is 2. The van der Waals surface area contributed by atoms with Crippen LogP contribution in [0.15, 0.2) is 17.1 Å². The molecular weight excluding hydrogens is 188 g/mol. The van der Waals surface area contributed by atoms with E-state index < -0.39 is 0 Å². The predicted octanol–water partition coefficient (Wildman–Crippen LogP) is 2.14. The topological polar surface area (TPSA) is 32.7 Å². The molecule has 1 aliphatic rings. The predicted molar refractivity (Wildman–Crippen MR) is 61.6 cm³/mol. The van der Waals surface area contributed by atoms with E-state index >= 15 is 0 Å². The monoisotopic (exact) mass is 208 g/mol. The SMILES string of the molecule is C=C(CN=C=O)C1CCCCN1C(C)C. The third-order valence-corrected chi connectivity index (χ3v) is 3.03. The average Bonchev–Trinajstić information content (AvgIpc) is 2.25. The maximum Gasteiger partial charge on any atom is 0.235 e. The second-order valence-electron chi connectivity index (χ2n) is 4.41. The van der Waals surface area contributed by atoms with E-state index in [4.69, 9.17) is 0 Å². The van der Waals surface area contributed by atoms with Crippen LogP contribution in [0.3, 0.4) is 0 Å². The average molecular weight is 208 g/mol. The normalized spacial score (nSPS) is 22.5. The molecule has 1 unspecified atom stereocenters. The third kappa shape index (κ3) is 3.29. The minimum absolute atomic E-state index is 0.399. The Hall–Kier alpha value is -0.920. The zero-order valence-electron chi connectivity index (χ0n) is 9.70. The van der Waals surface area contributed by atoms with E-state index in [0.29, 0.717) is 18.6 Å². The van der Waals surface area contributed by atoms with Crippen molar-refractivity contribution < 1.29 is 4.79 Å². The van der Waals surface area contributed by atoms with Gasteiger partial charge >= 0.3 is 0 Å². The van der Waals surface area contributed by atoms with Crippen LogP contribution in [0.1, 0.15) is 33.1 Å². The number of hydrogen-bond donors (Lipinski definition) is 0. The number of carbonyl (C=O) groups excluding carboxylic acids is 1. The maximum absolute atomic E-state index is 10.1. The Morgan fingerprint density at radius 1 is 1.60 bits per heavy atom. The zero-order valence-corrected chi connectivity index (χ0v) is 9.70. The summed E-state index contributed by atoms with van der Waals surface area (Å²) in [7, 11) is 0. The Morgan fingerprint density at radius 3 is 2.93 bits per heavy atom. The summed E-state index contributed by atoms with van der Waals surface area (Å²) in [5.41, 5.74) is 1.05. The van der Waals surface area contributed by atoms with Gasteiger partial charge in [0, 0.05) is 12.1 Å². The van der Waals surface area contributed by atoms with Crippen molar-refractivity contribution >= 4 is 6.08 Å². The summed E-state index contributed by atoms with van der Waals surface area (Å²) in [6.45, 7) is 10.00. The number of piperidine rings is 1. The first kappa shape index (κ1) is 12.2. The molecule has 1 heterocycles. The molecule has 3 heteroatoms. The lowest BCUT2D eigenvalue weighted by Crippen LogP contribution is -2.45. The Labute approximate surface area is 91.9 Å². The molecule has 0 amide bonds. The van der Waals surface area contributed by atoms with Gasteiger partial charge < -0.3 is 0 Å². The van der Waals surface area contributed by atoms with Crippen molar-refractivity contribution in [1.82, 2.24) is 4.90 Å². The number of isocyanates is 1. The summed E-state index contributed by atoms with van der Waals surface area (Å²) in [5, 5.41) is 0. The van der Waals surface area contributed by atoms with Gasteiger partial charge in [0.05, 0.1) is 6.54 Å². The largest absolute Gasteiger partial charge is 0.294 e. The van der Waals surface area contributed by atoms with E-state index in [-0.39, 0.29) is 0 Å². The van der Waals surface area contributed by atoms with Gasteiger partial charge in [-0.1, -0.05) is 13.0 Å². The highest BCUT2D eigenvalue weighted by Gasteiger charge is 2.26. The number of rotatable bonds is 4. The molecule has 84 valence electrons. The van der Waals surface area contributed by atoms with Crippen LogP contribution in [-0.2, 0) is 4.79 Å². The first-order chi connectivity index (χ1) is 7.16. The first-order valence-corrected chi connectivity index (χ1v) is 5.64. The molecule has 1 aliphatic heterocycles. The summed E-state index contributed by atoms with van der Waals surface area (Å²) in [4.78, 5) is 16.1. The van der Waals surface area contributed by atoms with Crippen molar-refractivity contribution in [2.45, 2.75) is 45.2 Å². The summed E-state index contributed by atoms with van der Waals surface area (Å²) in [5.74, 6) is 0. The Balaban J connectivity index is 2.62. The molecule has 0 N–H and O–H groups in total. The van der Waals surface area contributed by atoms with E-state index in [9.17, 15) is 4.79 Å². The minimum Gasteiger partial charge on any atom is -0.294 e. The van der Waals surface area contributed by atoms with Gasteiger partial charge in [-0.25, -0.2) is 9.79 Å². The van der Waals surface area contributed by atoms with Gasteiger partial charge in [0.2, 0.25) is 6.08 Å². The van der Waals surface area contributed by atoms with E-state index in [1.54, 1.807) is 6.08 Å². The van der Waals surface area contributed by atoms with Crippen LogP contribution in [-0.4, -0.2) is 36.2 Å². The van der Waals surface area contributed by atoms with Crippen molar-refractivity contribution in [3.05, 3.63) is 12.2 Å². The minimum atomic E-state index is 0.399. The second-order valence-corrected chi connectivity index (χ2v) is 4.41. The van der Waals surface area contributed by atoms with Crippen LogP contribution >= 0.6 is 0 Å². The first-order valence-electron chi connectivity index (χ1n) is 5.64. The summed E-state index contributed by atoms with van der Waals surface area (Å²) >= 11 is 0. The lowest BCUT2D eigenvalue weighted by atomic mass is 9.95. The molecule has 0 radical (unpaired) electrons. The number of hydrogen-bond acceptors (Lipinski definition) is 3. The van der Waals surface area contributed by atoms with Crippen LogP contribution in [0.25, 0.3) is 0 Å². The fraction of sp³-hybridized carbons (Fsp3) is 0.750. The quantitative estimate of drug-likeness (QED) is 0.403. The van der Waals surface area contributed by atoms with Gasteiger partial charge in [-0.05, 0) is 38.8 Å².